The van der Waals surface area contributed by atoms with Gasteiger partial charge < -0.3 is 14.2 Å². The summed E-state index contributed by atoms with van der Waals surface area (Å²) in [6.07, 6.45) is 1.50. The molecular formula is C20H14Br2FNO5. The van der Waals surface area contributed by atoms with Crippen molar-refractivity contribution >= 4 is 55.8 Å². The molecule has 0 saturated carbocycles. The van der Waals surface area contributed by atoms with Crippen LogP contribution in [0.1, 0.15) is 18.1 Å². The molecule has 1 heterocycles. The van der Waals surface area contributed by atoms with Crippen molar-refractivity contribution in [3.63, 3.8) is 0 Å². The molecule has 0 bridgehead atoms. The van der Waals surface area contributed by atoms with Crippen LogP contribution in [0.4, 0.5) is 4.39 Å². The van der Waals surface area contributed by atoms with Crippen LogP contribution in [0.25, 0.3) is 6.08 Å². The van der Waals surface area contributed by atoms with E-state index in [2.05, 4.69) is 36.9 Å². The highest BCUT2D eigenvalue weighted by Gasteiger charge is 2.26. The number of rotatable bonds is 6. The van der Waals surface area contributed by atoms with Gasteiger partial charge in [0.15, 0.2) is 12.3 Å². The summed E-state index contributed by atoms with van der Waals surface area (Å²) in [5.41, 5.74) is 0.745. The fraction of sp³-hybridized carbons (Fsp3) is 0.150. The van der Waals surface area contributed by atoms with E-state index in [9.17, 15) is 14.0 Å². The van der Waals surface area contributed by atoms with Crippen molar-refractivity contribution in [2.75, 3.05) is 13.2 Å². The first kappa shape index (κ1) is 21.2. The van der Waals surface area contributed by atoms with E-state index < -0.39 is 17.8 Å². The molecule has 0 radical (unpaired) electrons. The molecule has 2 aromatic carbocycles. The lowest BCUT2D eigenvalue weighted by Gasteiger charge is -2.10. The van der Waals surface area contributed by atoms with Gasteiger partial charge in [-0.1, -0.05) is 12.1 Å². The van der Waals surface area contributed by atoms with E-state index in [1.807, 2.05) is 0 Å². The summed E-state index contributed by atoms with van der Waals surface area (Å²) >= 11 is 6.74. The number of hydrogen-bond acceptors (Lipinski definition) is 6. The Balaban J connectivity index is 1.84. The average Bonchev–Trinajstić information content (AvgIpc) is 3.02. The van der Waals surface area contributed by atoms with Gasteiger partial charge in [-0.15, -0.1) is 0 Å². The molecule has 0 unspecified atom stereocenters. The third-order valence-electron chi connectivity index (χ3n) is 3.69. The Morgan fingerprint density at radius 1 is 1.24 bits per heavy atom. The highest BCUT2D eigenvalue weighted by molar-refractivity contribution is 9.11. The number of benzene rings is 2. The van der Waals surface area contributed by atoms with Gasteiger partial charge >= 0.3 is 11.9 Å². The van der Waals surface area contributed by atoms with Gasteiger partial charge in [0.25, 0.3) is 0 Å². The number of carbonyl (C=O) groups is 2. The van der Waals surface area contributed by atoms with Crippen LogP contribution in [0.3, 0.4) is 0 Å². The average molecular weight is 527 g/mol. The maximum atomic E-state index is 13.9. The zero-order chi connectivity index (χ0) is 21.0. The van der Waals surface area contributed by atoms with E-state index in [1.165, 1.54) is 24.3 Å². The Labute approximate surface area is 182 Å². The van der Waals surface area contributed by atoms with Crippen LogP contribution < -0.4 is 4.74 Å². The van der Waals surface area contributed by atoms with Gasteiger partial charge in [-0.3, -0.25) is 0 Å². The van der Waals surface area contributed by atoms with E-state index in [0.717, 1.165) is 0 Å². The first-order valence-corrected chi connectivity index (χ1v) is 10.0. The summed E-state index contributed by atoms with van der Waals surface area (Å²) in [5.74, 6) is -1.38. The molecule has 0 atom stereocenters. The molecule has 2 aromatic rings. The van der Waals surface area contributed by atoms with E-state index in [1.54, 1.807) is 25.1 Å². The summed E-state index contributed by atoms with van der Waals surface area (Å²) < 4.78 is 30.4. The zero-order valence-corrected chi connectivity index (χ0v) is 18.3. The largest absolute Gasteiger partial charge is 0.480 e. The van der Waals surface area contributed by atoms with Crippen molar-refractivity contribution in [1.82, 2.24) is 0 Å². The number of esters is 2. The van der Waals surface area contributed by atoms with Crippen LogP contribution >= 0.6 is 31.9 Å². The number of hydrogen-bond donors (Lipinski definition) is 0. The molecule has 0 aromatic heterocycles. The molecule has 0 amide bonds. The van der Waals surface area contributed by atoms with Gasteiger partial charge in [0.05, 0.1) is 21.1 Å². The van der Waals surface area contributed by atoms with Crippen LogP contribution in [-0.2, 0) is 19.1 Å². The Morgan fingerprint density at radius 3 is 2.59 bits per heavy atom. The van der Waals surface area contributed by atoms with E-state index in [0.29, 0.717) is 20.3 Å². The van der Waals surface area contributed by atoms with Crippen LogP contribution in [0.15, 0.2) is 56.0 Å². The lowest BCUT2D eigenvalue weighted by molar-refractivity contribution is -0.145. The predicted molar refractivity (Wildman–Crippen MR) is 111 cm³/mol. The molecule has 6 nitrogen and oxygen atoms in total. The Morgan fingerprint density at radius 2 is 1.93 bits per heavy atom. The van der Waals surface area contributed by atoms with Gasteiger partial charge in [0, 0.05) is 0 Å². The number of aliphatic imine (C=N–C) groups is 1. The lowest BCUT2D eigenvalue weighted by atomic mass is 10.2. The monoisotopic (exact) mass is 525 g/mol. The second-order valence-electron chi connectivity index (χ2n) is 5.72. The van der Waals surface area contributed by atoms with Crippen molar-refractivity contribution in [3.8, 4) is 5.75 Å². The quantitative estimate of drug-likeness (QED) is 0.405. The number of halogens is 3. The Kier molecular flexibility index (Phi) is 6.81. The molecule has 1 aliphatic heterocycles. The van der Waals surface area contributed by atoms with Crippen molar-refractivity contribution < 1.29 is 28.2 Å². The normalized spacial score (nSPS) is 14.6. The molecule has 9 heteroatoms. The molecule has 0 fully saturated rings. The first-order valence-electron chi connectivity index (χ1n) is 8.44. The molecule has 29 heavy (non-hydrogen) atoms. The second-order valence-corrected chi connectivity index (χ2v) is 7.43. The molecule has 0 spiro atoms. The summed E-state index contributed by atoms with van der Waals surface area (Å²) in [7, 11) is 0. The zero-order valence-electron chi connectivity index (χ0n) is 15.1. The molecule has 0 aliphatic carbocycles. The maximum Gasteiger partial charge on any atom is 0.363 e. The first-order chi connectivity index (χ1) is 13.9. The predicted octanol–water partition coefficient (Wildman–Crippen LogP) is 4.64. The summed E-state index contributed by atoms with van der Waals surface area (Å²) in [5, 5.41) is 0. The molecule has 150 valence electrons. The van der Waals surface area contributed by atoms with Crippen LogP contribution in [0.5, 0.6) is 5.75 Å². The highest BCUT2D eigenvalue weighted by atomic mass is 79.9. The number of carbonyl (C=O) groups excluding carboxylic acids is 2. The lowest BCUT2D eigenvalue weighted by Crippen LogP contribution is -2.15. The second kappa shape index (κ2) is 9.32. The number of nitrogens with zero attached hydrogens (tertiary/aromatic N) is 1. The summed E-state index contributed by atoms with van der Waals surface area (Å²) in [4.78, 5) is 27.7. The van der Waals surface area contributed by atoms with Gasteiger partial charge in [-0.25, -0.2) is 19.0 Å². The van der Waals surface area contributed by atoms with Crippen molar-refractivity contribution in [3.05, 3.63) is 68.0 Å². The van der Waals surface area contributed by atoms with E-state index >= 15 is 0 Å². The molecule has 0 saturated heterocycles. The summed E-state index contributed by atoms with van der Waals surface area (Å²) in [6.45, 7) is 1.73. The smallest absolute Gasteiger partial charge is 0.363 e. The molecule has 3 rings (SSSR count). The Hall–Kier alpha value is -2.52. The molecular weight excluding hydrogens is 513 g/mol. The Bertz CT molecular complexity index is 1010. The maximum absolute atomic E-state index is 13.9. The molecule has 1 aliphatic rings. The van der Waals surface area contributed by atoms with Crippen molar-refractivity contribution in [2.24, 2.45) is 4.99 Å². The number of ether oxygens (including phenoxy) is 3. The van der Waals surface area contributed by atoms with Gasteiger partial charge in [0.1, 0.15) is 11.6 Å². The standard InChI is InChI=1S/C20H14Br2FNO5/c1-2-27-17(25)10-28-18-13(21)7-11(8-14(18)22)9-16-20(26)29-19(24-16)12-5-3-4-6-15(12)23/h3-9H,2,10H2,1H3/b16-9-. The summed E-state index contributed by atoms with van der Waals surface area (Å²) in [6, 6.07) is 9.27. The topological polar surface area (TPSA) is 74.2 Å². The minimum Gasteiger partial charge on any atom is -0.480 e. The van der Waals surface area contributed by atoms with Crippen molar-refractivity contribution in [1.29, 1.82) is 0 Å². The SMILES string of the molecule is CCOC(=O)COc1c(Br)cc(/C=C2\N=C(c3ccccc3F)OC2=O)cc1Br. The fourth-order valence-corrected chi connectivity index (χ4v) is 3.90. The highest BCUT2D eigenvalue weighted by Crippen LogP contribution is 2.36. The van der Waals surface area contributed by atoms with Crippen LogP contribution in [0.2, 0.25) is 0 Å². The fourth-order valence-electron chi connectivity index (χ4n) is 2.45. The van der Waals surface area contributed by atoms with Gasteiger partial charge in [-0.05, 0) is 74.7 Å². The minimum atomic E-state index is -0.682. The third-order valence-corrected chi connectivity index (χ3v) is 4.87. The van der Waals surface area contributed by atoms with Crippen LogP contribution in [-0.4, -0.2) is 31.1 Å². The van der Waals surface area contributed by atoms with E-state index in [4.69, 9.17) is 14.2 Å². The molecule has 0 N–H and O–H groups in total. The van der Waals surface area contributed by atoms with Crippen molar-refractivity contribution in [2.45, 2.75) is 6.92 Å². The van der Waals surface area contributed by atoms with Crippen LogP contribution in [0, 0.1) is 5.82 Å². The van der Waals surface area contributed by atoms with E-state index in [-0.39, 0.29) is 30.4 Å². The van der Waals surface area contributed by atoms with Gasteiger partial charge in [0.2, 0.25) is 5.90 Å². The number of cyclic esters (lactones) is 1. The van der Waals surface area contributed by atoms with Gasteiger partial charge in [-0.2, -0.15) is 0 Å². The minimum absolute atomic E-state index is 0.0299. The third kappa shape index (κ3) is 5.10.